The van der Waals surface area contributed by atoms with Crippen LogP contribution in [0.25, 0.3) is 28.3 Å². The number of nitrogens with zero attached hydrogens (tertiary/aromatic N) is 2. The normalized spacial score (nSPS) is 13.0. The van der Waals surface area contributed by atoms with Gasteiger partial charge >= 0.3 is 29.6 Å². The van der Waals surface area contributed by atoms with Crippen LogP contribution in [0.5, 0.6) is 0 Å². The van der Waals surface area contributed by atoms with E-state index in [0.717, 1.165) is 4.31 Å². The van der Waals surface area contributed by atoms with E-state index in [1.54, 1.807) is 16.7 Å². The summed E-state index contributed by atoms with van der Waals surface area (Å²) in [6, 6.07) is 16.8. The molecule has 3 N–H and O–H groups in total. The zero-order valence-electron chi connectivity index (χ0n) is 28.4. The van der Waals surface area contributed by atoms with Gasteiger partial charge in [-0.3, -0.25) is 4.79 Å². The summed E-state index contributed by atoms with van der Waals surface area (Å²) in [5.74, 6) is -3.03. The first-order chi connectivity index (χ1) is 23.1. The molecule has 0 aliphatic heterocycles. The predicted molar refractivity (Wildman–Crippen MR) is 179 cm³/mol. The van der Waals surface area contributed by atoms with Crippen molar-refractivity contribution in [1.29, 1.82) is 0 Å². The number of hydrogen-bond acceptors (Lipinski definition) is 7. The molecule has 14 heteroatoms. The summed E-state index contributed by atoms with van der Waals surface area (Å²) in [6.07, 6.45) is -0.749. The standard InChI is InChI=1S/C36H39F2N3O7S.Na/c1-22(2)41-31(17-16-28(42)19-29(43)20-32(44)45)33(24-8-12-26(37)13-9-24)34(25-10-14-27(38)15-11-25)35(41)36(46)39-21-23-6-5-7-30(18-23)49(47,48)40(3)4;/h5-18,22,28-29,42-43H,19-21H2,1-4H3,(H,39,46)(H,44,45);/q;+1/p-1/b17-16+;/t28-,29-;/m1./s1. The van der Waals surface area contributed by atoms with Crippen molar-refractivity contribution >= 4 is 28.0 Å². The third-order valence-corrected chi connectivity index (χ3v) is 9.57. The number of rotatable bonds is 14. The van der Waals surface area contributed by atoms with Gasteiger partial charge in [0.2, 0.25) is 10.0 Å². The molecule has 2 atom stereocenters. The van der Waals surface area contributed by atoms with E-state index >= 15 is 0 Å². The molecule has 1 heterocycles. The Labute approximate surface area is 312 Å². The molecule has 0 radical (unpaired) electrons. The zero-order valence-corrected chi connectivity index (χ0v) is 31.2. The first-order valence-electron chi connectivity index (χ1n) is 15.4. The number of aliphatic hydroxyl groups is 2. The molecule has 3 aromatic carbocycles. The number of benzene rings is 3. The van der Waals surface area contributed by atoms with Crippen molar-refractivity contribution < 1.29 is 71.7 Å². The second-order valence-corrected chi connectivity index (χ2v) is 14.1. The number of halogens is 2. The zero-order chi connectivity index (χ0) is 36.0. The fraction of sp³-hybridized carbons (Fsp3) is 0.278. The first-order valence-corrected chi connectivity index (χ1v) is 16.9. The molecule has 10 nitrogen and oxygen atoms in total. The Morgan fingerprint density at radius 3 is 2.02 bits per heavy atom. The Balaban J connectivity index is 0.00000676. The number of carboxylic acid groups (broad SMARTS) is 1. The van der Waals surface area contributed by atoms with Crippen molar-refractivity contribution in [3.8, 4) is 22.3 Å². The molecule has 4 aromatic rings. The van der Waals surface area contributed by atoms with Crippen LogP contribution in [-0.4, -0.2) is 65.7 Å². The number of nitrogens with one attached hydrogen (secondary N) is 1. The van der Waals surface area contributed by atoms with Crippen LogP contribution in [0, 0.1) is 11.6 Å². The quantitative estimate of drug-likeness (QED) is 0.166. The molecule has 1 amide bonds. The number of aliphatic hydroxyl groups excluding tert-OH is 2. The third-order valence-electron chi connectivity index (χ3n) is 7.76. The van der Waals surface area contributed by atoms with Gasteiger partial charge in [0.05, 0.1) is 17.1 Å². The van der Waals surface area contributed by atoms with Crippen LogP contribution in [0.3, 0.4) is 0 Å². The number of carbonyl (C=O) groups is 2. The number of aliphatic carboxylic acids is 1. The number of sulfonamides is 1. The molecule has 0 fully saturated rings. The summed E-state index contributed by atoms with van der Waals surface area (Å²) in [7, 11) is -0.900. The van der Waals surface area contributed by atoms with E-state index in [0.29, 0.717) is 33.5 Å². The van der Waals surface area contributed by atoms with E-state index in [4.69, 9.17) is 0 Å². The summed E-state index contributed by atoms with van der Waals surface area (Å²) in [6.45, 7) is 3.60. The van der Waals surface area contributed by atoms with Gasteiger partial charge in [0.1, 0.15) is 17.3 Å². The van der Waals surface area contributed by atoms with Crippen LogP contribution in [-0.2, 0) is 21.4 Å². The maximum atomic E-state index is 14.3. The Bertz CT molecular complexity index is 1950. The number of hydrogen-bond donors (Lipinski definition) is 3. The van der Waals surface area contributed by atoms with Crippen molar-refractivity contribution in [1.82, 2.24) is 14.2 Å². The van der Waals surface area contributed by atoms with Crippen LogP contribution in [0.4, 0.5) is 8.78 Å². The van der Waals surface area contributed by atoms with Gasteiger partial charge < -0.3 is 30.0 Å². The molecule has 50 heavy (non-hydrogen) atoms. The van der Waals surface area contributed by atoms with Crippen LogP contribution < -0.4 is 40.0 Å². The van der Waals surface area contributed by atoms with Crippen molar-refractivity contribution in [2.75, 3.05) is 14.1 Å². The van der Waals surface area contributed by atoms with Gasteiger partial charge in [-0.2, -0.15) is 0 Å². The smallest absolute Gasteiger partial charge is 0.550 e. The Kier molecular flexibility index (Phi) is 14.3. The Morgan fingerprint density at radius 1 is 0.940 bits per heavy atom. The van der Waals surface area contributed by atoms with E-state index in [1.807, 2.05) is 13.8 Å². The molecule has 0 aliphatic rings. The molecule has 0 aliphatic carbocycles. The second-order valence-electron chi connectivity index (χ2n) is 12.0. The molecule has 0 saturated heterocycles. The second kappa shape index (κ2) is 17.5. The molecule has 0 spiro atoms. The maximum Gasteiger partial charge on any atom is 1.00 e. The molecule has 1 aromatic heterocycles. The van der Waals surface area contributed by atoms with E-state index in [1.165, 1.54) is 86.9 Å². The largest absolute Gasteiger partial charge is 1.00 e. The van der Waals surface area contributed by atoms with Gasteiger partial charge in [0.15, 0.2) is 0 Å². The molecule has 260 valence electrons. The fourth-order valence-corrected chi connectivity index (χ4v) is 6.44. The van der Waals surface area contributed by atoms with Gasteiger partial charge in [-0.1, -0.05) is 42.5 Å². The minimum atomic E-state index is -3.73. The Hall–Kier alpha value is -3.69. The molecule has 4 rings (SSSR count). The topological polar surface area (TPSA) is 152 Å². The molecule has 0 unspecified atom stereocenters. The maximum absolute atomic E-state index is 14.3. The summed E-state index contributed by atoms with van der Waals surface area (Å²) < 4.78 is 56.5. The summed E-state index contributed by atoms with van der Waals surface area (Å²) in [5.41, 5.74) is 2.89. The molecular formula is C36H38F2N3NaO7S. The Morgan fingerprint density at radius 2 is 1.50 bits per heavy atom. The number of aromatic nitrogens is 1. The van der Waals surface area contributed by atoms with Gasteiger partial charge in [0.25, 0.3) is 5.91 Å². The fourth-order valence-electron chi connectivity index (χ4n) is 5.47. The van der Waals surface area contributed by atoms with Crippen molar-refractivity contribution in [3.63, 3.8) is 0 Å². The number of amides is 1. The average Bonchev–Trinajstić information content (AvgIpc) is 3.38. The van der Waals surface area contributed by atoms with Crippen LogP contribution in [0.2, 0.25) is 0 Å². The van der Waals surface area contributed by atoms with E-state index in [-0.39, 0.29) is 59.2 Å². The number of carboxylic acids is 1. The third kappa shape index (κ3) is 9.75. The van der Waals surface area contributed by atoms with Gasteiger partial charge in [-0.25, -0.2) is 21.5 Å². The number of carbonyl (C=O) groups excluding carboxylic acids is 2. The van der Waals surface area contributed by atoms with Crippen LogP contribution in [0.1, 0.15) is 54.5 Å². The van der Waals surface area contributed by atoms with Gasteiger partial charge in [0, 0.05) is 62.3 Å². The van der Waals surface area contributed by atoms with Crippen molar-refractivity contribution in [2.45, 2.75) is 56.4 Å². The van der Waals surface area contributed by atoms with Gasteiger partial charge in [-0.15, -0.1) is 0 Å². The van der Waals surface area contributed by atoms with E-state index in [9.17, 15) is 42.1 Å². The minimum Gasteiger partial charge on any atom is -0.550 e. The summed E-state index contributed by atoms with van der Waals surface area (Å²) in [5, 5.41) is 34.5. The minimum absolute atomic E-state index is 0. The predicted octanol–water partition coefficient (Wildman–Crippen LogP) is 1.13. The average molecular weight is 718 g/mol. The van der Waals surface area contributed by atoms with Crippen LogP contribution in [0.15, 0.2) is 83.8 Å². The van der Waals surface area contributed by atoms with Gasteiger partial charge in [-0.05, 0) is 73.0 Å². The van der Waals surface area contributed by atoms with E-state index < -0.39 is 52.2 Å². The van der Waals surface area contributed by atoms with E-state index in [2.05, 4.69) is 5.32 Å². The monoisotopic (exact) mass is 717 g/mol. The molecule has 0 saturated carbocycles. The van der Waals surface area contributed by atoms with Crippen LogP contribution >= 0.6 is 0 Å². The van der Waals surface area contributed by atoms with Crippen molar-refractivity contribution in [3.05, 3.63) is 107 Å². The molecular weight excluding hydrogens is 679 g/mol. The molecule has 0 bridgehead atoms. The van der Waals surface area contributed by atoms with Crippen molar-refractivity contribution in [2.24, 2.45) is 0 Å². The first kappa shape index (κ1) is 40.7. The summed E-state index contributed by atoms with van der Waals surface area (Å²) >= 11 is 0. The SMILES string of the molecule is CC(C)n1c(/C=C/[C@@H](O)C[C@@H](O)CC(=O)[O-])c(-c2ccc(F)cc2)c(-c2ccc(F)cc2)c1C(=O)NCc1cccc(S(=O)(=O)N(C)C)c1.[Na+]. The summed E-state index contributed by atoms with van der Waals surface area (Å²) in [4.78, 5) is 25.2.